The molecule has 0 N–H and O–H groups in total. The van der Waals surface area contributed by atoms with Crippen LogP contribution in [0.1, 0.15) is 0 Å². The first-order valence-corrected chi connectivity index (χ1v) is 4.05. The predicted octanol–water partition coefficient (Wildman–Crippen LogP) is 4.73. The molecule has 0 atom stereocenters. The van der Waals surface area contributed by atoms with Crippen molar-refractivity contribution in [1.29, 1.82) is 0 Å². The van der Waals surface area contributed by atoms with Crippen molar-refractivity contribution in [1.82, 2.24) is 0 Å². The summed E-state index contributed by atoms with van der Waals surface area (Å²) >= 11 is 4.07. The van der Waals surface area contributed by atoms with Gasteiger partial charge in [-0.15, -0.1) is 0 Å². The van der Waals surface area contributed by atoms with Gasteiger partial charge in [0.2, 0.25) is 0 Å². The van der Waals surface area contributed by atoms with Crippen LogP contribution in [0.15, 0.2) is 11.1 Å². The highest BCUT2D eigenvalue weighted by molar-refractivity contribution is 6.30. The van der Waals surface area contributed by atoms with Crippen molar-refractivity contribution in [3.8, 4) is 0 Å². The average molecular weight is 332 g/mol. The average Bonchev–Trinajstić information content (AvgIpc) is 2.12. The first-order valence-electron chi connectivity index (χ1n) is 3.68. The molecule has 19 heavy (non-hydrogen) atoms. The van der Waals surface area contributed by atoms with Gasteiger partial charge in [0.1, 0.15) is 0 Å². The fourth-order valence-corrected chi connectivity index (χ4v) is 0.583. The minimum Gasteiger partial charge on any atom is -0.245 e. The summed E-state index contributed by atoms with van der Waals surface area (Å²) in [5, 5.41) is -3.05. The van der Waals surface area contributed by atoms with Crippen LogP contribution in [0.3, 0.4) is 0 Å². The van der Waals surface area contributed by atoms with Gasteiger partial charge in [-0.05, 0) is 0 Å². The molecule has 1 nitrogen and oxygen atoms in total. The number of halogens is 12. The first-order chi connectivity index (χ1) is 8.06. The predicted molar refractivity (Wildman–Crippen MR) is 37.1 cm³/mol. The standard InChI is InChI=1S/C6ClF11O/c7-1(2(8)9)3(10,11)19-6(17,18)4(12,13)5(14,15)16. The molecule has 114 valence electrons. The van der Waals surface area contributed by atoms with Crippen LogP contribution in [-0.2, 0) is 4.74 Å². The zero-order valence-electron chi connectivity index (χ0n) is 7.94. The molecule has 0 spiro atoms. The molecule has 0 bridgehead atoms. The van der Waals surface area contributed by atoms with E-state index in [9.17, 15) is 48.3 Å². The van der Waals surface area contributed by atoms with Gasteiger partial charge >= 0.3 is 24.3 Å². The molecule has 0 amide bonds. The third-order valence-electron chi connectivity index (χ3n) is 1.40. The maximum absolute atomic E-state index is 12.4. The SMILES string of the molecule is FC(F)=C(Cl)C(F)(F)OC(F)(F)C(F)(F)C(F)(F)F. The summed E-state index contributed by atoms with van der Waals surface area (Å²) in [5.74, 6) is -7.05. The van der Waals surface area contributed by atoms with E-state index >= 15 is 0 Å². The summed E-state index contributed by atoms with van der Waals surface area (Å²) < 4.78 is 133. The lowest BCUT2D eigenvalue weighted by molar-refractivity contribution is -0.464. The van der Waals surface area contributed by atoms with E-state index in [0.717, 1.165) is 0 Å². The number of alkyl halides is 9. The number of rotatable bonds is 4. The summed E-state index contributed by atoms with van der Waals surface area (Å²) in [6.45, 7) is 0. The largest absolute Gasteiger partial charge is 0.462 e. The lowest BCUT2D eigenvalue weighted by atomic mass is 10.3. The third-order valence-corrected chi connectivity index (χ3v) is 1.76. The fourth-order valence-electron chi connectivity index (χ4n) is 0.545. The Hall–Kier alpha value is -0.780. The lowest BCUT2D eigenvalue weighted by Gasteiger charge is -2.30. The molecule has 0 aromatic carbocycles. The van der Waals surface area contributed by atoms with Crippen LogP contribution in [0, 0.1) is 0 Å². The number of hydrogen-bond acceptors (Lipinski definition) is 1. The maximum atomic E-state index is 12.4. The van der Waals surface area contributed by atoms with E-state index in [1.807, 2.05) is 4.74 Å². The van der Waals surface area contributed by atoms with E-state index in [-0.39, 0.29) is 0 Å². The van der Waals surface area contributed by atoms with Gasteiger partial charge in [-0.2, -0.15) is 48.3 Å². The smallest absolute Gasteiger partial charge is 0.245 e. The van der Waals surface area contributed by atoms with Crippen LogP contribution >= 0.6 is 11.6 Å². The fraction of sp³-hybridized carbons (Fsp3) is 0.667. The van der Waals surface area contributed by atoms with Gasteiger partial charge in [0, 0.05) is 0 Å². The molecule has 0 aliphatic heterocycles. The Labute approximate surface area is 101 Å². The van der Waals surface area contributed by atoms with Gasteiger partial charge in [0.15, 0.2) is 5.03 Å². The Morgan fingerprint density at radius 2 is 1.16 bits per heavy atom. The molecule has 0 saturated heterocycles. The maximum Gasteiger partial charge on any atom is 0.462 e. The molecule has 0 unspecified atom stereocenters. The second-order valence-corrected chi connectivity index (χ2v) is 3.16. The topological polar surface area (TPSA) is 9.23 Å². The lowest BCUT2D eigenvalue weighted by Crippen LogP contribution is -2.55. The van der Waals surface area contributed by atoms with Crippen molar-refractivity contribution in [2.24, 2.45) is 0 Å². The normalized spacial score (nSPS) is 14.5. The van der Waals surface area contributed by atoms with Crippen LogP contribution in [0.2, 0.25) is 0 Å². The van der Waals surface area contributed by atoms with Gasteiger partial charge < -0.3 is 0 Å². The molecule has 0 fully saturated rings. The zero-order chi connectivity index (χ0) is 15.9. The molecule has 0 aliphatic carbocycles. The van der Waals surface area contributed by atoms with E-state index in [1.54, 1.807) is 0 Å². The highest BCUT2D eigenvalue weighted by Gasteiger charge is 2.76. The molecule has 0 radical (unpaired) electrons. The Morgan fingerprint density at radius 1 is 0.789 bits per heavy atom. The molecule has 0 heterocycles. The summed E-state index contributed by atoms with van der Waals surface area (Å²) in [6, 6.07) is 0. The summed E-state index contributed by atoms with van der Waals surface area (Å²) in [5.41, 5.74) is 0. The van der Waals surface area contributed by atoms with Crippen molar-refractivity contribution < 1.29 is 53.0 Å². The van der Waals surface area contributed by atoms with Gasteiger partial charge in [0.05, 0.1) is 0 Å². The zero-order valence-corrected chi connectivity index (χ0v) is 8.70. The highest BCUT2D eigenvalue weighted by atomic mass is 35.5. The molecule has 0 aliphatic rings. The van der Waals surface area contributed by atoms with Crippen LogP contribution in [-0.4, -0.2) is 24.3 Å². The Bertz CT molecular complexity index is 366. The minimum absolute atomic E-state index is 1.83. The van der Waals surface area contributed by atoms with E-state index in [2.05, 4.69) is 11.6 Å². The Morgan fingerprint density at radius 3 is 1.42 bits per heavy atom. The van der Waals surface area contributed by atoms with Crippen molar-refractivity contribution in [3.05, 3.63) is 11.1 Å². The van der Waals surface area contributed by atoms with Gasteiger partial charge in [-0.1, -0.05) is 11.6 Å². The van der Waals surface area contributed by atoms with E-state index in [1.165, 1.54) is 0 Å². The summed E-state index contributed by atoms with van der Waals surface area (Å²) in [4.78, 5) is 0. The molecule has 0 aromatic rings. The molecular formula is C6ClF11O. The number of ether oxygens (including phenoxy) is 1. The monoisotopic (exact) mass is 332 g/mol. The second-order valence-electron chi connectivity index (χ2n) is 2.78. The Balaban J connectivity index is 5.46. The van der Waals surface area contributed by atoms with Crippen LogP contribution in [0.25, 0.3) is 0 Å². The van der Waals surface area contributed by atoms with Crippen molar-refractivity contribution in [2.45, 2.75) is 24.3 Å². The molecule has 0 saturated carbocycles. The van der Waals surface area contributed by atoms with Crippen molar-refractivity contribution >= 4 is 11.6 Å². The van der Waals surface area contributed by atoms with Crippen LogP contribution in [0.4, 0.5) is 48.3 Å². The molecule has 0 rings (SSSR count). The van der Waals surface area contributed by atoms with Crippen LogP contribution < -0.4 is 0 Å². The summed E-state index contributed by atoms with van der Waals surface area (Å²) in [6.07, 6.45) is -23.2. The second kappa shape index (κ2) is 4.96. The van der Waals surface area contributed by atoms with E-state index in [4.69, 9.17) is 0 Å². The molecule has 0 aromatic heterocycles. The van der Waals surface area contributed by atoms with E-state index < -0.39 is 35.4 Å². The summed E-state index contributed by atoms with van der Waals surface area (Å²) in [7, 11) is 0. The Kier molecular flexibility index (Phi) is 4.76. The van der Waals surface area contributed by atoms with Crippen molar-refractivity contribution in [2.75, 3.05) is 0 Å². The van der Waals surface area contributed by atoms with Crippen molar-refractivity contribution in [3.63, 3.8) is 0 Å². The first kappa shape index (κ1) is 18.2. The third kappa shape index (κ3) is 3.61. The van der Waals surface area contributed by atoms with Gasteiger partial charge in [-0.25, -0.2) is 4.74 Å². The quantitative estimate of drug-likeness (QED) is 0.676. The minimum atomic E-state index is -7.05. The van der Waals surface area contributed by atoms with Gasteiger partial charge in [0.25, 0.3) is 6.08 Å². The molecular weight excluding hydrogens is 332 g/mol. The highest BCUT2D eigenvalue weighted by Crippen LogP contribution is 2.50. The molecule has 13 heteroatoms. The van der Waals surface area contributed by atoms with Crippen LogP contribution in [0.5, 0.6) is 0 Å². The van der Waals surface area contributed by atoms with E-state index in [0.29, 0.717) is 0 Å². The van der Waals surface area contributed by atoms with Gasteiger partial charge in [-0.3, -0.25) is 0 Å². The number of hydrogen-bond donors (Lipinski definition) is 0.